The average molecular weight is 1030 g/mol. The number of carbonyl (C=O) groups excluding carboxylic acids is 3. The molecule has 0 radical (unpaired) electrons. The highest BCUT2D eigenvalue weighted by molar-refractivity contribution is 6.45. The second kappa shape index (κ2) is 32.4. The SMILES string of the molecule is CC.CNC(=O)/C(=N/OC)c1ccccc1Oc1ccccc1.COC(=O)C(=CCO)c1ccccc1Oc1cc(Oc2ccccc2C#N)ncn1.COC(=O)C(=NCO)c1ccccc1COc1ccccc1C. The lowest BCUT2D eigenvalue weighted by Crippen LogP contribution is -2.28. The predicted octanol–water partition coefficient (Wildman–Crippen LogP) is 9.57. The molecule has 0 saturated carbocycles. The summed E-state index contributed by atoms with van der Waals surface area (Å²) in [6.07, 6.45) is 2.59. The van der Waals surface area contributed by atoms with Gasteiger partial charge >= 0.3 is 11.9 Å². The van der Waals surface area contributed by atoms with Gasteiger partial charge in [0.05, 0.1) is 43.6 Å². The molecule has 0 aliphatic heterocycles. The van der Waals surface area contributed by atoms with E-state index in [1.54, 1.807) is 78.9 Å². The normalized spacial score (nSPS) is 10.7. The van der Waals surface area contributed by atoms with Crippen molar-refractivity contribution in [3.8, 4) is 46.6 Å². The number of esters is 2. The molecule has 7 rings (SSSR count). The zero-order valence-corrected chi connectivity index (χ0v) is 43.0. The van der Waals surface area contributed by atoms with E-state index in [0.717, 1.165) is 16.9 Å². The third kappa shape index (κ3) is 17.5. The maximum Gasteiger partial charge on any atom is 0.356 e. The van der Waals surface area contributed by atoms with Gasteiger partial charge in [-0.05, 0) is 72.7 Å². The topological polar surface area (TPSA) is 243 Å². The maximum absolute atomic E-state index is 12.1. The van der Waals surface area contributed by atoms with Crippen LogP contribution in [0.25, 0.3) is 5.57 Å². The van der Waals surface area contributed by atoms with Crippen LogP contribution in [-0.4, -0.2) is 91.2 Å². The largest absolute Gasteiger partial charge is 0.489 e. The smallest absolute Gasteiger partial charge is 0.356 e. The molecular formula is C58H58N6O12. The van der Waals surface area contributed by atoms with Crippen LogP contribution in [0.3, 0.4) is 0 Å². The first-order chi connectivity index (χ1) is 37.1. The maximum atomic E-state index is 12.1. The number of nitrogens with zero attached hydrogens (tertiary/aromatic N) is 5. The number of hydrogen-bond donors (Lipinski definition) is 3. The van der Waals surface area contributed by atoms with E-state index in [1.807, 2.05) is 99.6 Å². The van der Waals surface area contributed by atoms with Crippen molar-refractivity contribution in [2.75, 3.05) is 41.7 Å². The van der Waals surface area contributed by atoms with Gasteiger partial charge in [0, 0.05) is 18.2 Å². The number of carbonyl (C=O) groups is 3. The van der Waals surface area contributed by atoms with E-state index >= 15 is 0 Å². The van der Waals surface area contributed by atoms with Gasteiger partial charge < -0.3 is 48.8 Å². The summed E-state index contributed by atoms with van der Waals surface area (Å²) in [5.74, 6) is 1.45. The summed E-state index contributed by atoms with van der Waals surface area (Å²) in [6, 6.07) is 48.5. The molecule has 1 amide bonds. The first-order valence-electron chi connectivity index (χ1n) is 23.4. The Morgan fingerprint density at radius 2 is 1.18 bits per heavy atom. The minimum Gasteiger partial charge on any atom is -0.489 e. The number of ether oxygens (including phenoxy) is 6. The van der Waals surface area contributed by atoms with Crippen LogP contribution in [-0.2, 0) is 35.3 Å². The van der Waals surface area contributed by atoms with Crippen LogP contribution in [0.15, 0.2) is 180 Å². The van der Waals surface area contributed by atoms with Crippen molar-refractivity contribution in [2.24, 2.45) is 10.1 Å². The zero-order valence-electron chi connectivity index (χ0n) is 43.0. The van der Waals surface area contributed by atoms with Crippen molar-refractivity contribution >= 4 is 34.8 Å². The summed E-state index contributed by atoms with van der Waals surface area (Å²) < 4.78 is 32.7. The minimum absolute atomic E-state index is 0.0824. The van der Waals surface area contributed by atoms with E-state index in [0.29, 0.717) is 45.3 Å². The molecule has 76 heavy (non-hydrogen) atoms. The molecule has 0 aliphatic carbocycles. The van der Waals surface area contributed by atoms with Gasteiger partial charge in [0.2, 0.25) is 11.8 Å². The van der Waals surface area contributed by atoms with Crippen LogP contribution < -0.4 is 24.3 Å². The first kappa shape index (κ1) is 58.9. The van der Waals surface area contributed by atoms with Crippen LogP contribution in [0.4, 0.5) is 0 Å². The lowest BCUT2D eigenvalue weighted by molar-refractivity contribution is -0.134. The molecule has 0 atom stereocenters. The summed E-state index contributed by atoms with van der Waals surface area (Å²) >= 11 is 0. The monoisotopic (exact) mass is 1030 g/mol. The van der Waals surface area contributed by atoms with Crippen LogP contribution in [0.2, 0.25) is 0 Å². The molecule has 6 aromatic carbocycles. The fourth-order valence-electron chi connectivity index (χ4n) is 6.56. The number of aryl methyl sites for hydroxylation is 1. The number of aliphatic hydroxyl groups is 2. The van der Waals surface area contributed by atoms with E-state index in [-0.39, 0.29) is 47.9 Å². The number of hydrogen-bond acceptors (Lipinski definition) is 17. The van der Waals surface area contributed by atoms with Gasteiger partial charge in [-0.15, -0.1) is 0 Å². The number of rotatable bonds is 18. The molecule has 0 fully saturated rings. The second-order valence-electron chi connectivity index (χ2n) is 14.8. The van der Waals surface area contributed by atoms with E-state index in [9.17, 15) is 24.8 Å². The van der Waals surface area contributed by atoms with Gasteiger partial charge in [0.1, 0.15) is 61.6 Å². The molecule has 0 unspecified atom stereocenters. The van der Waals surface area contributed by atoms with Crippen LogP contribution in [0.5, 0.6) is 40.5 Å². The number of aliphatic hydroxyl groups excluding tert-OH is 2. The number of benzene rings is 6. The Labute approximate surface area is 441 Å². The highest BCUT2D eigenvalue weighted by Crippen LogP contribution is 2.32. The minimum atomic E-state index is -0.611. The molecule has 392 valence electrons. The fourth-order valence-corrected chi connectivity index (χ4v) is 6.56. The number of likely N-dealkylation sites (N-methyl/N-ethyl adjacent to an activating group) is 1. The number of methoxy groups -OCH3 is 2. The second-order valence-corrected chi connectivity index (χ2v) is 14.8. The molecule has 0 bridgehead atoms. The molecule has 0 spiro atoms. The molecule has 18 nitrogen and oxygen atoms in total. The standard InChI is InChI=1S/C22H17N3O5.C18H19NO4.C16H16N2O3.C2H6/c1-28-22(27)17(10-11-26)16-7-3-5-9-19(16)30-21-12-20(24-14-25-21)29-18-8-4-2-6-15(18)13-23;1-13-7-3-6-10-16(13)23-11-14-8-4-5-9-15(14)17(19-12-20)18(21)22-2;1-17-16(19)15(18-20-2)13-10-6-7-11-14(13)21-12-8-4-3-5-9-12;1-2/h2-10,12,14,26H,11H2,1H3;3-10,20H,11-12H2,1-2H3;3-11H,1-2H3,(H,17,19);1-2H3/b;;18-15+;. The van der Waals surface area contributed by atoms with E-state index in [4.69, 9.17) is 38.4 Å². The lowest BCUT2D eigenvalue weighted by Gasteiger charge is -2.13. The van der Waals surface area contributed by atoms with Crippen molar-refractivity contribution in [2.45, 2.75) is 27.4 Å². The van der Waals surface area contributed by atoms with E-state index in [1.165, 1.54) is 46.8 Å². The number of para-hydroxylation sites is 5. The fraction of sp³-hybridized carbons (Fsp3) is 0.172. The molecule has 1 aromatic heterocycles. The van der Waals surface area contributed by atoms with E-state index in [2.05, 4.69) is 25.4 Å². The summed E-state index contributed by atoms with van der Waals surface area (Å²) in [5, 5.41) is 33.8. The number of nitrogens with one attached hydrogen (secondary N) is 1. The van der Waals surface area contributed by atoms with Crippen LogP contribution in [0, 0.1) is 18.3 Å². The Balaban J connectivity index is 0.000000247. The third-order valence-corrected chi connectivity index (χ3v) is 10.0. The van der Waals surface area contributed by atoms with Crippen LogP contribution in [0.1, 0.15) is 47.2 Å². The van der Waals surface area contributed by atoms with Crippen molar-refractivity contribution in [1.82, 2.24) is 15.3 Å². The van der Waals surface area contributed by atoms with Crippen molar-refractivity contribution in [3.05, 3.63) is 204 Å². The molecule has 0 saturated heterocycles. The molecule has 18 heteroatoms. The van der Waals surface area contributed by atoms with Crippen molar-refractivity contribution in [3.63, 3.8) is 0 Å². The first-order valence-corrected chi connectivity index (χ1v) is 23.4. The molecule has 0 aliphatic rings. The lowest BCUT2D eigenvalue weighted by atomic mass is 10.0. The number of aliphatic imine (C=N–C) groups is 1. The Morgan fingerprint density at radius 3 is 1.78 bits per heavy atom. The van der Waals surface area contributed by atoms with Gasteiger partial charge in [0.15, 0.2) is 11.4 Å². The molecular weight excluding hydrogens is 973 g/mol. The van der Waals surface area contributed by atoms with Gasteiger partial charge in [-0.25, -0.2) is 24.5 Å². The van der Waals surface area contributed by atoms with Gasteiger partial charge in [-0.1, -0.05) is 122 Å². The Morgan fingerprint density at radius 1 is 0.645 bits per heavy atom. The molecule has 1 heterocycles. The average Bonchev–Trinajstić information content (AvgIpc) is 3.46. The van der Waals surface area contributed by atoms with Gasteiger partial charge in [-0.3, -0.25) is 4.79 Å². The summed E-state index contributed by atoms with van der Waals surface area (Å²) in [5.41, 5.74) is 4.14. The summed E-state index contributed by atoms with van der Waals surface area (Å²) in [6.45, 7) is 5.41. The van der Waals surface area contributed by atoms with Crippen molar-refractivity contribution < 1.29 is 57.9 Å². The quantitative estimate of drug-likeness (QED) is 0.0314. The summed E-state index contributed by atoms with van der Waals surface area (Å²) in [7, 11) is 5.46. The molecule has 3 N–H and O–H groups in total. The van der Waals surface area contributed by atoms with Gasteiger partial charge in [-0.2, -0.15) is 5.26 Å². The third-order valence-electron chi connectivity index (χ3n) is 10.0. The number of oxime groups is 1. The van der Waals surface area contributed by atoms with Gasteiger partial charge in [0.25, 0.3) is 5.91 Å². The van der Waals surface area contributed by atoms with Crippen molar-refractivity contribution in [1.29, 1.82) is 5.26 Å². The zero-order chi connectivity index (χ0) is 55.1. The Kier molecular flexibility index (Phi) is 25.1. The Bertz CT molecular complexity index is 3120. The van der Waals surface area contributed by atoms with E-state index < -0.39 is 18.7 Å². The highest BCUT2D eigenvalue weighted by Gasteiger charge is 2.21. The molecule has 7 aromatic rings. The summed E-state index contributed by atoms with van der Waals surface area (Å²) in [4.78, 5) is 52.6. The Hall–Kier alpha value is -9.70. The predicted molar refractivity (Wildman–Crippen MR) is 286 cm³/mol. The highest BCUT2D eigenvalue weighted by atomic mass is 16.6. The number of nitriles is 1. The van der Waals surface area contributed by atoms with Crippen LogP contribution >= 0.6 is 0 Å². The number of aromatic nitrogens is 2. The number of amides is 1.